The van der Waals surface area contributed by atoms with Crippen LogP contribution >= 0.6 is 34.8 Å². The highest BCUT2D eigenvalue weighted by Gasteiger charge is 2.62. The maximum absolute atomic E-state index is 14.2. The Labute approximate surface area is 226 Å². The van der Waals surface area contributed by atoms with Crippen LogP contribution in [0.1, 0.15) is 29.3 Å². The van der Waals surface area contributed by atoms with Crippen LogP contribution in [0.4, 0.5) is 18.9 Å². The van der Waals surface area contributed by atoms with E-state index in [0.29, 0.717) is 11.3 Å². The number of amides is 1. The van der Waals surface area contributed by atoms with Crippen LogP contribution < -0.4 is 15.6 Å². The normalized spacial score (nSPS) is 18.1. The third-order valence-corrected chi connectivity index (χ3v) is 5.97. The van der Waals surface area contributed by atoms with Crippen molar-refractivity contribution in [2.45, 2.75) is 25.1 Å². The van der Waals surface area contributed by atoms with E-state index in [9.17, 15) is 18.0 Å². The molecule has 0 aromatic heterocycles. The Balaban J connectivity index is 1.80. The number of nitrogens with zero attached hydrogens (tertiary/aromatic N) is 1. The minimum atomic E-state index is -4.86. The highest BCUT2D eigenvalue weighted by molar-refractivity contribution is 6.34. The first-order chi connectivity index (χ1) is 17.4. The van der Waals surface area contributed by atoms with Gasteiger partial charge in [0.15, 0.2) is 0 Å². The molecule has 1 atom stereocenters. The Bertz CT molecular complexity index is 1290. The molecule has 12 heteroatoms. The average molecular weight is 575 g/mol. The molecule has 37 heavy (non-hydrogen) atoms. The van der Waals surface area contributed by atoms with Gasteiger partial charge in [-0.1, -0.05) is 52.6 Å². The van der Waals surface area contributed by atoms with Gasteiger partial charge in [0.1, 0.15) is 5.75 Å². The van der Waals surface area contributed by atoms with Gasteiger partial charge in [-0.05, 0) is 55.5 Å². The third-order valence-electron chi connectivity index (χ3n) is 5.32. The summed E-state index contributed by atoms with van der Waals surface area (Å²) in [6, 6.07) is 10.7. The molecule has 0 bridgehead atoms. The Morgan fingerprint density at radius 1 is 1.19 bits per heavy atom. The van der Waals surface area contributed by atoms with Gasteiger partial charge in [-0.3, -0.25) is 15.6 Å². The predicted octanol–water partition coefficient (Wildman–Crippen LogP) is 7.35. The zero-order chi connectivity index (χ0) is 27.4. The number of benzene rings is 2. The van der Waals surface area contributed by atoms with Crippen LogP contribution in [0, 0.1) is 0 Å². The van der Waals surface area contributed by atoms with E-state index in [-0.39, 0.29) is 32.0 Å². The highest BCUT2D eigenvalue weighted by Crippen LogP contribution is 2.46. The molecule has 196 valence electrons. The first kappa shape index (κ1) is 28.4. The molecule has 0 saturated heterocycles. The lowest BCUT2D eigenvalue weighted by molar-refractivity contribution is -0.251. The second-order valence-corrected chi connectivity index (χ2v) is 9.36. The molecule has 0 radical (unpaired) electrons. The van der Waals surface area contributed by atoms with Gasteiger partial charge in [0.05, 0.1) is 23.5 Å². The van der Waals surface area contributed by atoms with Crippen molar-refractivity contribution >= 4 is 52.1 Å². The van der Waals surface area contributed by atoms with Gasteiger partial charge < -0.3 is 9.57 Å². The second-order valence-electron chi connectivity index (χ2n) is 7.92. The molecule has 1 aliphatic heterocycles. The molecule has 0 saturated carbocycles. The van der Waals surface area contributed by atoms with Crippen LogP contribution in [0.15, 0.2) is 82.0 Å². The number of allylic oxidation sites excluding steroid dienone is 3. The summed E-state index contributed by atoms with van der Waals surface area (Å²) < 4.78 is 47.6. The quantitative estimate of drug-likeness (QED) is 0.255. The third kappa shape index (κ3) is 6.60. The molecule has 1 amide bonds. The highest BCUT2D eigenvalue weighted by atomic mass is 35.5. The van der Waals surface area contributed by atoms with E-state index in [0.717, 1.165) is 6.08 Å². The predicted molar refractivity (Wildman–Crippen MR) is 139 cm³/mol. The van der Waals surface area contributed by atoms with Crippen molar-refractivity contribution < 1.29 is 27.5 Å². The number of carbonyl (C=O) groups excluding carboxylic acids is 1. The first-order valence-electron chi connectivity index (χ1n) is 10.6. The van der Waals surface area contributed by atoms with E-state index in [1.54, 1.807) is 24.3 Å². The molecule has 2 aromatic rings. The van der Waals surface area contributed by atoms with Gasteiger partial charge in [-0.2, -0.15) is 13.2 Å². The number of halogens is 6. The van der Waals surface area contributed by atoms with Crippen LogP contribution in [-0.2, 0) is 4.84 Å². The number of anilines is 1. The molecule has 3 rings (SSSR count). The van der Waals surface area contributed by atoms with Crippen LogP contribution in [-0.4, -0.2) is 30.5 Å². The van der Waals surface area contributed by atoms with Gasteiger partial charge >= 0.3 is 6.18 Å². The van der Waals surface area contributed by atoms with E-state index in [1.807, 2.05) is 0 Å². The summed E-state index contributed by atoms with van der Waals surface area (Å²) in [7, 11) is 1.51. The number of carbonyl (C=O) groups is 1. The summed E-state index contributed by atoms with van der Waals surface area (Å²) in [4.78, 5) is 17.4. The topological polar surface area (TPSA) is 72.0 Å². The zero-order valence-corrected chi connectivity index (χ0v) is 21.8. The van der Waals surface area contributed by atoms with Crippen molar-refractivity contribution in [2.24, 2.45) is 5.16 Å². The molecule has 1 aliphatic rings. The lowest BCUT2D eigenvalue weighted by Gasteiger charge is -2.29. The molecular weight excluding hydrogens is 554 g/mol. The number of alkyl halides is 3. The fourth-order valence-electron chi connectivity index (χ4n) is 3.35. The Morgan fingerprint density at radius 2 is 1.86 bits per heavy atom. The standard InChI is InChI=1S/C25H21Cl3F3N3O3/c1-14(10-18(27)11-15(2)26)24(25(29,30)31)13-22(34-37-24)17-6-9-20(28)21(12-17)32-33-23(35)16-4-7-19(36-3)8-5-16/h4-12,32H,1,13H2,2-3H3,(H,33,35)/b15-11+,18-10+. The molecule has 1 unspecified atom stereocenters. The largest absolute Gasteiger partial charge is 0.497 e. The number of oxime groups is 1. The van der Waals surface area contributed by atoms with Crippen molar-refractivity contribution in [2.75, 3.05) is 12.5 Å². The molecule has 0 fully saturated rings. The lowest BCUT2D eigenvalue weighted by atomic mass is 9.86. The number of hydrogen-bond acceptors (Lipinski definition) is 5. The Kier molecular flexibility index (Phi) is 8.84. The summed E-state index contributed by atoms with van der Waals surface area (Å²) in [5, 5.41) is 4.13. The monoisotopic (exact) mass is 573 g/mol. The molecule has 2 aromatic carbocycles. The molecule has 6 nitrogen and oxygen atoms in total. The molecular formula is C25H21Cl3F3N3O3. The second kappa shape index (κ2) is 11.5. The number of rotatable bonds is 8. The van der Waals surface area contributed by atoms with Crippen molar-refractivity contribution in [3.05, 3.63) is 93.0 Å². The number of nitrogens with one attached hydrogen (secondary N) is 2. The Morgan fingerprint density at radius 3 is 2.46 bits per heavy atom. The number of hydrazine groups is 1. The average Bonchev–Trinajstić information content (AvgIpc) is 3.30. The van der Waals surface area contributed by atoms with Crippen molar-refractivity contribution in [1.29, 1.82) is 0 Å². The molecule has 0 spiro atoms. The number of hydrogen-bond donors (Lipinski definition) is 2. The van der Waals surface area contributed by atoms with E-state index >= 15 is 0 Å². The van der Waals surface area contributed by atoms with Crippen LogP contribution in [0.2, 0.25) is 5.02 Å². The summed E-state index contributed by atoms with van der Waals surface area (Å²) in [6.45, 7) is 5.06. The summed E-state index contributed by atoms with van der Waals surface area (Å²) in [6.07, 6.45) is -3.21. The van der Waals surface area contributed by atoms with Gasteiger partial charge in [0.2, 0.25) is 0 Å². The summed E-state index contributed by atoms with van der Waals surface area (Å²) in [5.74, 6) is 0.115. The zero-order valence-electron chi connectivity index (χ0n) is 19.6. The maximum Gasteiger partial charge on any atom is 0.435 e. The number of ether oxygens (including phenoxy) is 1. The SMILES string of the molecule is C=C(/C=C(Cl)\C=C(/C)Cl)C1(C(F)(F)F)CC(c2ccc(Cl)c(NNC(=O)c3ccc(OC)cc3)c2)=NO1. The summed E-state index contributed by atoms with van der Waals surface area (Å²) in [5.41, 5.74) is 2.75. The fourth-order valence-corrected chi connectivity index (χ4v) is 3.98. The number of methoxy groups -OCH3 is 1. The van der Waals surface area contributed by atoms with Gasteiger partial charge in [0.25, 0.3) is 11.5 Å². The molecule has 2 N–H and O–H groups in total. The fraction of sp³-hybridized carbons (Fsp3) is 0.200. The molecule has 0 aliphatic carbocycles. The summed E-state index contributed by atoms with van der Waals surface area (Å²) >= 11 is 17.9. The minimum Gasteiger partial charge on any atom is -0.497 e. The van der Waals surface area contributed by atoms with Gasteiger partial charge in [-0.15, -0.1) is 0 Å². The lowest BCUT2D eigenvalue weighted by Crippen LogP contribution is -2.46. The smallest absolute Gasteiger partial charge is 0.435 e. The van der Waals surface area contributed by atoms with Crippen LogP contribution in [0.3, 0.4) is 0 Å². The van der Waals surface area contributed by atoms with Crippen LogP contribution in [0.25, 0.3) is 0 Å². The van der Waals surface area contributed by atoms with Crippen LogP contribution in [0.5, 0.6) is 5.75 Å². The van der Waals surface area contributed by atoms with E-state index in [4.69, 9.17) is 44.4 Å². The van der Waals surface area contributed by atoms with E-state index < -0.39 is 29.7 Å². The minimum absolute atomic E-state index is 0.00624. The molecule has 1 heterocycles. The van der Waals surface area contributed by atoms with Crippen molar-refractivity contribution in [1.82, 2.24) is 5.43 Å². The van der Waals surface area contributed by atoms with Gasteiger partial charge in [0, 0.05) is 33.2 Å². The Hall–Kier alpha value is -3.14. The van der Waals surface area contributed by atoms with Crippen molar-refractivity contribution in [3.63, 3.8) is 0 Å². The van der Waals surface area contributed by atoms with Gasteiger partial charge in [-0.25, -0.2) is 0 Å². The first-order valence-corrected chi connectivity index (χ1v) is 11.7. The van der Waals surface area contributed by atoms with E-state index in [1.165, 1.54) is 38.3 Å². The maximum atomic E-state index is 14.2. The van der Waals surface area contributed by atoms with Crippen molar-refractivity contribution in [3.8, 4) is 5.75 Å². The van der Waals surface area contributed by atoms with E-state index in [2.05, 4.69) is 22.6 Å².